The summed E-state index contributed by atoms with van der Waals surface area (Å²) < 4.78 is 4.97. The number of rotatable bonds is 4. The maximum atomic E-state index is 10.7. The molecule has 2 N–H and O–H groups in total. The molecule has 0 saturated heterocycles. The monoisotopic (exact) mass is 227 g/mol. The van der Waals surface area contributed by atoms with E-state index in [0.29, 0.717) is 0 Å². The zero-order valence-corrected chi connectivity index (χ0v) is 9.22. The van der Waals surface area contributed by atoms with Crippen LogP contribution in [0.1, 0.15) is 53.6 Å². The summed E-state index contributed by atoms with van der Waals surface area (Å²) in [4.78, 5) is 25.2. The smallest absolute Gasteiger partial charge is 0.374 e. The second-order valence-electron chi connectivity index (χ2n) is 3.87. The van der Waals surface area contributed by atoms with Crippen LogP contribution in [0.4, 0.5) is 0 Å². The van der Waals surface area contributed by atoms with Crippen molar-refractivity contribution in [1.29, 1.82) is 0 Å². The van der Waals surface area contributed by atoms with Crippen LogP contribution in [0, 0.1) is 5.92 Å². The molecule has 0 aliphatic rings. The molecule has 0 saturated carbocycles. The summed E-state index contributed by atoms with van der Waals surface area (Å²) in [6, 6.07) is 0. The van der Waals surface area contributed by atoms with E-state index in [9.17, 15) is 9.59 Å². The molecule has 88 valence electrons. The van der Waals surface area contributed by atoms with E-state index in [1.807, 2.05) is 13.8 Å². The summed E-state index contributed by atoms with van der Waals surface area (Å²) in [5, 5.41) is 17.5. The lowest BCUT2D eigenvalue weighted by molar-refractivity contribution is 0.0622. The molecular formula is C10H13NO5. The average molecular weight is 227 g/mol. The molecule has 1 heterocycles. The molecule has 1 atom stereocenters. The third-order valence-electron chi connectivity index (χ3n) is 2.43. The molecule has 0 radical (unpaired) electrons. The average Bonchev–Trinajstić information content (AvgIpc) is 2.60. The molecule has 1 rings (SSSR count). The lowest BCUT2D eigenvalue weighted by Crippen LogP contribution is -2.06. The Balaban J connectivity index is 3.21. The van der Waals surface area contributed by atoms with Crippen LogP contribution in [0.25, 0.3) is 0 Å². The van der Waals surface area contributed by atoms with Crippen LogP contribution in [-0.2, 0) is 0 Å². The maximum absolute atomic E-state index is 10.7. The number of nitrogens with zero attached hydrogens (tertiary/aromatic N) is 1. The first-order chi connectivity index (χ1) is 7.34. The van der Waals surface area contributed by atoms with Crippen LogP contribution >= 0.6 is 0 Å². The van der Waals surface area contributed by atoms with Crippen LogP contribution in [0.5, 0.6) is 0 Å². The number of hydrogen-bond donors (Lipinski definition) is 2. The van der Waals surface area contributed by atoms with E-state index in [1.165, 1.54) is 0 Å². The van der Waals surface area contributed by atoms with Gasteiger partial charge in [-0.3, -0.25) is 0 Å². The van der Waals surface area contributed by atoms with Crippen molar-refractivity contribution in [2.45, 2.75) is 26.7 Å². The summed E-state index contributed by atoms with van der Waals surface area (Å²) >= 11 is 0. The highest BCUT2D eigenvalue weighted by atomic mass is 16.4. The number of carboxylic acid groups (broad SMARTS) is 2. The molecule has 0 fully saturated rings. The van der Waals surface area contributed by atoms with Crippen molar-refractivity contribution in [1.82, 2.24) is 4.98 Å². The second-order valence-corrected chi connectivity index (χ2v) is 3.87. The van der Waals surface area contributed by atoms with Gasteiger partial charge in [-0.25, -0.2) is 14.6 Å². The van der Waals surface area contributed by atoms with Crippen molar-refractivity contribution in [3.63, 3.8) is 0 Å². The molecule has 0 bridgehead atoms. The highest BCUT2D eigenvalue weighted by Crippen LogP contribution is 2.25. The lowest BCUT2D eigenvalue weighted by atomic mass is 9.98. The van der Waals surface area contributed by atoms with Gasteiger partial charge in [-0.1, -0.05) is 20.8 Å². The minimum absolute atomic E-state index is 0.133. The molecule has 0 amide bonds. The number of aromatic nitrogens is 1. The Kier molecular flexibility index (Phi) is 3.31. The van der Waals surface area contributed by atoms with Crippen LogP contribution in [0.15, 0.2) is 4.42 Å². The number of carboxylic acids is 2. The Morgan fingerprint density at radius 1 is 1.19 bits per heavy atom. The molecule has 1 aromatic heterocycles. The molecule has 0 spiro atoms. The Morgan fingerprint density at radius 3 is 2.06 bits per heavy atom. The van der Waals surface area contributed by atoms with E-state index in [4.69, 9.17) is 14.6 Å². The van der Waals surface area contributed by atoms with E-state index < -0.39 is 23.4 Å². The van der Waals surface area contributed by atoms with Crippen molar-refractivity contribution >= 4 is 11.9 Å². The second kappa shape index (κ2) is 4.34. The highest BCUT2D eigenvalue weighted by Gasteiger charge is 2.27. The zero-order chi connectivity index (χ0) is 12.5. The van der Waals surface area contributed by atoms with Crippen molar-refractivity contribution in [2.24, 2.45) is 5.92 Å². The minimum Gasteiger partial charge on any atom is -0.476 e. The fraction of sp³-hybridized carbons (Fsp3) is 0.500. The maximum Gasteiger partial charge on any atom is 0.374 e. The standard InChI is InChI=1S/C10H13NO5/c1-4(2)5(3)8-11-6(9(12)13)7(16-8)10(14)15/h4-5H,1-3H3,(H,12,13)(H,14,15). The van der Waals surface area contributed by atoms with Gasteiger partial charge in [-0.05, 0) is 5.92 Å². The van der Waals surface area contributed by atoms with Crippen LogP contribution in [0.3, 0.4) is 0 Å². The summed E-state index contributed by atoms with van der Waals surface area (Å²) in [5.74, 6) is -3.25. The predicted molar refractivity (Wildman–Crippen MR) is 53.7 cm³/mol. The molecule has 0 aliphatic carbocycles. The van der Waals surface area contributed by atoms with E-state index >= 15 is 0 Å². The first-order valence-electron chi connectivity index (χ1n) is 4.81. The zero-order valence-electron chi connectivity index (χ0n) is 9.22. The molecule has 0 aliphatic heterocycles. The predicted octanol–water partition coefficient (Wildman–Crippen LogP) is 1.83. The number of carbonyl (C=O) groups is 2. The Labute approximate surface area is 91.9 Å². The lowest BCUT2D eigenvalue weighted by Gasteiger charge is -2.09. The van der Waals surface area contributed by atoms with Gasteiger partial charge in [0.1, 0.15) is 0 Å². The van der Waals surface area contributed by atoms with Crippen LogP contribution < -0.4 is 0 Å². The molecule has 6 nitrogen and oxygen atoms in total. The fourth-order valence-electron chi connectivity index (χ4n) is 1.11. The van der Waals surface area contributed by atoms with Crippen LogP contribution in [0.2, 0.25) is 0 Å². The molecule has 16 heavy (non-hydrogen) atoms. The van der Waals surface area contributed by atoms with Gasteiger partial charge in [0.25, 0.3) is 0 Å². The van der Waals surface area contributed by atoms with Gasteiger partial charge in [-0.2, -0.15) is 0 Å². The van der Waals surface area contributed by atoms with Crippen LogP contribution in [-0.4, -0.2) is 27.1 Å². The van der Waals surface area contributed by atoms with E-state index in [2.05, 4.69) is 4.98 Å². The topological polar surface area (TPSA) is 101 Å². The summed E-state index contributed by atoms with van der Waals surface area (Å²) in [6.45, 7) is 5.62. The molecular weight excluding hydrogens is 214 g/mol. The Morgan fingerprint density at radius 2 is 1.75 bits per heavy atom. The van der Waals surface area contributed by atoms with Gasteiger partial charge in [-0.15, -0.1) is 0 Å². The first-order valence-corrected chi connectivity index (χ1v) is 4.81. The van der Waals surface area contributed by atoms with Gasteiger partial charge >= 0.3 is 11.9 Å². The van der Waals surface area contributed by atoms with Gasteiger partial charge in [0.05, 0.1) is 0 Å². The molecule has 1 unspecified atom stereocenters. The summed E-state index contributed by atoms with van der Waals surface area (Å²) in [5.41, 5.74) is -0.546. The van der Waals surface area contributed by atoms with Gasteiger partial charge in [0.2, 0.25) is 11.5 Å². The van der Waals surface area contributed by atoms with Gasteiger partial charge in [0.15, 0.2) is 5.89 Å². The molecule has 0 aromatic carbocycles. The van der Waals surface area contributed by atoms with E-state index in [1.54, 1.807) is 6.92 Å². The van der Waals surface area contributed by atoms with Crippen molar-refractivity contribution in [3.8, 4) is 0 Å². The number of aromatic carboxylic acids is 2. The van der Waals surface area contributed by atoms with E-state index in [0.717, 1.165) is 0 Å². The summed E-state index contributed by atoms with van der Waals surface area (Å²) in [7, 11) is 0. The van der Waals surface area contributed by atoms with Crippen molar-refractivity contribution in [2.75, 3.05) is 0 Å². The summed E-state index contributed by atoms with van der Waals surface area (Å²) in [6.07, 6.45) is 0. The third kappa shape index (κ3) is 2.21. The van der Waals surface area contributed by atoms with Gasteiger partial charge in [0, 0.05) is 5.92 Å². The Hall–Kier alpha value is -1.85. The molecule has 1 aromatic rings. The quantitative estimate of drug-likeness (QED) is 0.813. The van der Waals surface area contributed by atoms with Gasteiger partial charge < -0.3 is 14.6 Å². The number of hydrogen-bond acceptors (Lipinski definition) is 4. The normalized spacial score (nSPS) is 12.8. The number of oxazole rings is 1. The SMILES string of the molecule is CC(C)C(C)c1nc(C(=O)O)c(C(=O)O)o1. The van der Waals surface area contributed by atoms with Crippen molar-refractivity contribution < 1.29 is 24.2 Å². The first kappa shape index (κ1) is 12.2. The minimum atomic E-state index is -1.42. The molecule has 6 heteroatoms. The fourth-order valence-corrected chi connectivity index (χ4v) is 1.11. The highest BCUT2D eigenvalue weighted by molar-refractivity contribution is 5.98. The third-order valence-corrected chi connectivity index (χ3v) is 2.43. The Bertz CT molecular complexity index is 389. The van der Waals surface area contributed by atoms with E-state index in [-0.39, 0.29) is 17.7 Å². The van der Waals surface area contributed by atoms with Crippen molar-refractivity contribution in [3.05, 3.63) is 17.3 Å². The largest absolute Gasteiger partial charge is 0.476 e.